The summed E-state index contributed by atoms with van der Waals surface area (Å²) in [7, 11) is 0. The first-order valence-corrected chi connectivity index (χ1v) is 11.6. The van der Waals surface area contributed by atoms with Crippen molar-refractivity contribution in [2.45, 2.75) is 46.2 Å². The van der Waals surface area contributed by atoms with Gasteiger partial charge in [0, 0.05) is 43.2 Å². The van der Waals surface area contributed by atoms with Crippen LogP contribution < -0.4 is 10.6 Å². The van der Waals surface area contributed by atoms with Gasteiger partial charge in [-0.15, -0.1) is 0 Å². The molecule has 31 heavy (non-hydrogen) atoms. The molecule has 8 heteroatoms. The van der Waals surface area contributed by atoms with Gasteiger partial charge in [0.25, 0.3) is 0 Å². The summed E-state index contributed by atoms with van der Waals surface area (Å²) >= 11 is 6.56. The second kappa shape index (κ2) is 12.1. The van der Waals surface area contributed by atoms with Crippen molar-refractivity contribution < 1.29 is 9.26 Å². The van der Waals surface area contributed by atoms with Gasteiger partial charge in [-0.1, -0.05) is 48.8 Å². The number of aliphatic imine (C=N–C) groups is 1. The summed E-state index contributed by atoms with van der Waals surface area (Å²) in [6.45, 7) is 11.5. The zero-order chi connectivity index (χ0) is 22.1. The van der Waals surface area contributed by atoms with Gasteiger partial charge in [-0.25, -0.2) is 4.99 Å². The predicted octanol–water partition coefficient (Wildman–Crippen LogP) is 3.58. The van der Waals surface area contributed by atoms with Gasteiger partial charge in [0.05, 0.1) is 31.5 Å². The van der Waals surface area contributed by atoms with Crippen molar-refractivity contribution in [1.82, 2.24) is 20.7 Å². The summed E-state index contributed by atoms with van der Waals surface area (Å²) in [4.78, 5) is 7.25. The van der Waals surface area contributed by atoms with Crippen LogP contribution in [0.2, 0.25) is 5.02 Å². The van der Waals surface area contributed by atoms with E-state index in [1.54, 1.807) is 0 Å². The minimum atomic E-state index is 0.134. The largest absolute Gasteiger partial charge is 0.379 e. The molecule has 2 heterocycles. The Hall–Kier alpha value is -2.09. The molecule has 1 aromatic heterocycles. The fourth-order valence-electron chi connectivity index (χ4n) is 3.88. The van der Waals surface area contributed by atoms with Gasteiger partial charge in [0.1, 0.15) is 5.76 Å². The number of rotatable bonds is 9. The van der Waals surface area contributed by atoms with E-state index < -0.39 is 0 Å². The Balaban J connectivity index is 1.76. The lowest BCUT2D eigenvalue weighted by Crippen LogP contribution is -2.46. The van der Waals surface area contributed by atoms with E-state index in [1.807, 2.05) is 18.2 Å². The molecule has 1 unspecified atom stereocenters. The van der Waals surface area contributed by atoms with Gasteiger partial charge in [0.15, 0.2) is 5.96 Å². The molecule has 1 fully saturated rings. The standard InChI is InChI=1S/C23H34ClN5O2/c1-4-20-18(22(5-2)31-28-20)15-26-23(25-6-3)27-16-21(29-11-13-30-14-12-29)17-9-7-8-10-19(17)24/h7-10,21H,4-6,11-16H2,1-3H3,(H2,25,26,27). The maximum absolute atomic E-state index is 6.56. The monoisotopic (exact) mass is 447 g/mol. The van der Waals surface area contributed by atoms with Crippen LogP contribution in [-0.2, 0) is 24.1 Å². The molecule has 0 bridgehead atoms. The first-order valence-electron chi connectivity index (χ1n) is 11.2. The average molecular weight is 448 g/mol. The third kappa shape index (κ3) is 6.21. The summed E-state index contributed by atoms with van der Waals surface area (Å²) in [6.07, 6.45) is 1.65. The normalized spacial score (nSPS) is 16.3. The molecule has 0 aliphatic carbocycles. The highest BCUT2D eigenvalue weighted by Gasteiger charge is 2.24. The van der Waals surface area contributed by atoms with Crippen molar-refractivity contribution >= 4 is 17.6 Å². The lowest BCUT2D eigenvalue weighted by atomic mass is 10.0. The van der Waals surface area contributed by atoms with Crippen molar-refractivity contribution in [3.05, 3.63) is 51.9 Å². The van der Waals surface area contributed by atoms with Crippen molar-refractivity contribution in [2.24, 2.45) is 4.99 Å². The van der Waals surface area contributed by atoms with E-state index >= 15 is 0 Å². The van der Waals surface area contributed by atoms with E-state index in [1.165, 1.54) is 0 Å². The second-order valence-electron chi connectivity index (χ2n) is 7.50. The number of hydrogen-bond donors (Lipinski definition) is 2. The lowest BCUT2D eigenvalue weighted by molar-refractivity contribution is 0.0170. The molecule has 0 saturated carbocycles. The van der Waals surface area contributed by atoms with Crippen LogP contribution in [0.15, 0.2) is 33.8 Å². The molecule has 2 aromatic rings. The third-order valence-corrected chi connectivity index (χ3v) is 5.90. The van der Waals surface area contributed by atoms with E-state index in [0.29, 0.717) is 13.1 Å². The van der Waals surface area contributed by atoms with Crippen molar-refractivity contribution in [2.75, 3.05) is 39.4 Å². The molecule has 1 aliphatic rings. The Morgan fingerprint density at radius 1 is 1.16 bits per heavy atom. The minimum Gasteiger partial charge on any atom is -0.379 e. The number of morpholine rings is 1. The van der Waals surface area contributed by atoms with Crippen LogP contribution >= 0.6 is 11.6 Å². The highest BCUT2D eigenvalue weighted by Crippen LogP contribution is 2.27. The third-order valence-electron chi connectivity index (χ3n) is 5.56. The Labute approximate surface area is 190 Å². The quantitative estimate of drug-likeness (QED) is 0.452. The van der Waals surface area contributed by atoms with Gasteiger partial charge in [-0.3, -0.25) is 4.90 Å². The van der Waals surface area contributed by atoms with Crippen LogP contribution in [0.1, 0.15) is 49.4 Å². The van der Waals surface area contributed by atoms with Crippen molar-refractivity contribution in [1.29, 1.82) is 0 Å². The highest BCUT2D eigenvalue weighted by molar-refractivity contribution is 6.31. The van der Waals surface area contributed by atoms with Gasteiger partial charge in [-0.05, 0) is 25.0 Å². The van der Waals surface area contributed by atoms with Gasteiger partial charge in [-0.2, -0.15) is 0 Å². The molecule has 0 amide bonds. The van der Waals surface area contributed by atoms with E-state index in [2.05, 4.69) is 47.5 Å². The molecule has 1 aromatic carbocycles. The number of halogens is 1. The number of benzene rings is 1. The van der Waals surface area contributed by atoms with E-state index in [9.17, 15) is 0 Å². The molecule has 0 radical (unpaired) electrons. The Morgan fingerprint density at radius 2 is 1.94 bits per heavy atom. The lowest BCUT2D eigenvalue weighted by Gasteiger charge is -2.35. The minimum absolute atomic E-state index is 0.134. The summed E-state index contributed by atoms with van der Waals surface area (Å²) in [5.74, 6) is 1.69. The van der Waals surface area contributed by atoms with Crippen LogP contribution in [0.4, 0.5) is 0 Å². The molecule has 1 atom stereocenters. The van der Waals surface area contributed by atoms with Crippen LogP contribution in [0, 0.1) is 0 Å². The maximum Gasteiger partial charge on any atom is 0.191 e. The van der Waals surface area contributed by atoms with Crippen LogP contribution in [0.5, 0.6) is 0 Å². The van der Waals surface area contributed by atoms with Gasteiger partial charge in [0.2, 0.25) is 0 Å². The maximum atomic E-state index is 6.56. The second-order valence-corrected chi connectivity index (χ2v) is 7.91. The fraction of sp³-hybridized carbons (Fsp3) is 0.565. The summed E-state index contributed by atoms with van der Waals surface area (Å²) < 4.78 is 11.0. The summed E-state index contributed by atoms with van der Waals surface area (Å²) in [5.41, 5.74) is 3.20. The zero-order valence-electron chi connectivity index (χ0n) is 18.8. The fourth-order valence-corrected chi connectivity index (χ4v) is 4.14. The molecule has 1 aliphatic heterocycles. The van der Waals surface area contributed by atoms with E-state index in [0.717, 1.165) is 79.3 Å². The number of hydrogen-bond acceptors (Lipinski definition) is 5. The zero-order valence-corrected chi connectivity index (χ0v) is 19.5. The SMILES string of the molecule is CCNC(=NCc1c(CC)noc1CC)NCC(c1ccccc1Cl)N1CCOCC1. The number of nitrogens with zero attached hydrogens (tertiary/aromatic N) is 3. The van der Waals surface area contributed by atoms with E-state index in [4.69, 9.17) is 25.9 Å². The highest BCUT2D eigenvalue weighted by atomic mass is 35.5. The molecule has 170 valence electrons. The van der Waals surface area contributed by atoms with Crippen LogP contribution in [0.25, 0.3) is 0 Å². The van der Waals surface area contributed by atoms with Crippen LogP contribution in [-0.4, -0.2) is 55.4 Å². The number of aromatic nitrogens is 1. The van der Waals surface area contributed by atoms with E-state index in [-0.39, 0.29) is 6.04 Å². The molecule has 2 N–H and O–H groups in total. The molecular formula is C23H34ClN5O2. The number of nitrogens with one attached hydrogen (secondary N) is 2. The Kier molecular flexibility index (Phi) is 9.18. The Bertz CT molecular complexity index is 827. The van der Waals surface area contributed by atoms with Crippen molar-refractivity contribution in [3.63, 3.8) is 0 Å². The predicted molar refractivity (Wildman–Crippen MR) is 125 cm³/mol. The van der Waals surface area contributed by atoms with Crippen LogP contribution in [0.3, 0.4) is 0 Å². The number of guanidine groups is 1. The van der Waals surface area contributed by atoms with Gasteiger partial charge < -0.3 is 19.9 Å². The smallest absolute Gasteiger partial charge is 0.191 e. The summed E-state index contributed by atoms with van der Waals surface area (Å²) in [5, 5.41) is 11.9. The number of aryl methyl sites for hydroxylation is 2. The first kappa shape index (κ1) is 23.6. The molecule has 7 nitrogen and oxygen atoms in total. The topological polar surface area (TPSA) is 74.9 Å². The van der Waals surface area contributed by atoms with Crippen molar-refractivity contribution in [3.8, 4) is 0 Å². The molecule has 1 saturated heterocycles. The van der Waals surface area contributed by atoms with Gasteiger partial charge >= 0.3 is 0 Å². The molecule has 0 spiro atoms. The summed E-state index contributed by atoms with van der Waals surface area (Å²) in [6, 6.07) is 8.20. The molecule has 3 rings (SSSR count). The average Bonchev–Trinajstić information content (AvgIpc) is 3.21. The molecular weight excluding hydrogens is 414 g/mol. The number of ether oxygens (including phenoxy) is 1. The first-order chi connectivity index (χ1) is 15.2. The Morgan fingerprint density at radius 3 is 2.61 bits per heavy atom.